The maximum atomic E-state index is 5.61. The van der Waals surface area contributed by atoms with Crippen LogP contribution in [0, 0.1) is 0 Å². The van der Waals surface area contributed by atoms with E-state index in [2.05, 4.69) is 58.5 Å². The lowest BCUT2D eigenvalue weighted by atomic mass is 9.80. The molecule has 4 heterocycles. The van der Waals surface area contributed by atoms with E-state index >= 15 is 0 Å². The van der Waals surface area contributed by atoms with Crippen molar-refractivity contribution in [1.29, 1.82) is 0 Å². The summed E-state index contributed by atoms with van der Waals surface area (Å²) < 4.78 is 7.55. The number of methoxy groups -OCH3 is 1. The standard InChI is InChI=1S/C23H27N7O/c1-22(2)12-15(13-23(3,4)28-22)30-21-19(26-29-30)10-18(25-27-21)16-9-14-7-6-8-24-17(14)11-20(16)31-5/h6-11,15,28H,12-13H2,1-5H3. The predicted octanol–water partition coefficient (Wildman–Crippen LogP) is 3.93. The van der Waals surface area contributed by atoms with Crippen LogP contribution in [0.15, 0.2) is 36.5 Å². The number of aromatic nitrogens is 6. The van der Waals surface area contributed by atoms with Crippen LogP contribution in [-0.4, -0.2) is 48.4 Å². The Balaban J connectivity index is 1.57. The number of ether oxygens (including phenoxy) is 1. The highest BCUT2D eigenvalue weighted by Gasteiger charge is 2.39. The monoisotopic (exact) mass is 417 g/mol. The Labute approximate surface area is 181 Å². The fourth-order valence-electron chi connectivity index (χ4n) is 5.04. The largest absolute Gasteiger partial charge is 0.496 e. The average molecular weight is 418 g/mol. The first-order valence-corrected chi connectivity index (χ1v) is 10.6. The summed E-state index contributed by atoms with van der Waals surface area (Å²) in [5, 5.41) is 22.7. The van der Waals surface area contributed by atoms with Crippen LogP contribution in [0.3, 0.4) is 0 Å². The van der Waals surface area contributed by atoms with Crippen molar-refractivity contribution in [2.24, 2.45) is 0 Å². The summed E-state index contributed by atoms with van der Waals surface area (Å²) in [6.45, 7) is 8.91. The molecule has 0 saturated carbocycles. The van der Waals surface area contributed by atoms with Gasteiger partial charge in [-0.2, -0.15) is 0 Å². The van der Waals surface area contributed by atoms with Gasteiger partial charge in [0.2, 0.25) is 5.65 Å². The lowest BCUT2D eigenvalue weighted by molar-refractivity contribution is 0.127. The predicted molar refractivity (Wildman–Crippen MR) is 120 cm³/mol. The van der Waals surface area contributed by atoms with Gasteiger partial charge in [-0.1, -0.05) is 11.3 Å². The van der Waals surface area contributed by atoms with Crippen LogP contribution < -0.4 is 10.1 Å². The van der Waals surface area contributed by atoms with E-state index in [4.69, 9.17) is 4.74 Å². The molecular weight excluding hydrogens is 390 g/mol. The summed E-state index contributed by atoms with van der Waals surface area (Å²) in [5.74, 6) is 0.703. The van der Waals surface area contributed by atoms with Crippen molar-refractivity contribution >= 4 is 22.1 Å². The molecule has 160 valence electrons. The summed E-state index contributed by atoms with van der Waals surface area (Å²) in [6, 6.07) is 10.0. The Hall–Kier alpha value is -3.13. The molecule has 1 aliphatic rings. The van der Waals surface area contributed by atoms with Gasteiger partial charge in [-0.15, -0.1) is 15.3 Å². The number of hydrogen-bond acceptors (Lipinski definition) is 7. The molecule has 1 saturated heterocycles. The highest BCUT2D eigenvalue weighted by atomic mass is 16.5. The van der Waals surface area contributed by atoms with E-state index in [-0.39, 0.29) is 17.1 Å². The highest BCUT2D eigenvalue weighted by Crippen LogP contribution is 2.37. The molecule has 5 rings (SSSR count). The van der Waals surface area contributed by atoms with Gasteiger partial charge in [-0.3, -0.25) is 4.98 Å². The number of piperidine rings is 1. The number of hydrogen-bond donors (Lipinski definition) is 1. The van der Waals surface area contributed by atoms with E-state index in [0.717, 1.165) is 34.8 Å². The van der Waals surface area contributed by atoms with Crippen LogP contribution in [0.4, 0.5) is 0 Å². The van der Waals surface area contributed by atoms with Crippen LogP contribution in [0.2, 0.25) is 0 Å². The van der Waals surface area contributed by atoms with Crippen molar-refractivity contribution < 1.29 is 4.74 Å². The highest BCUT2D eigenvalue weighted by molar-refractivity contribution is 5.88. The van der Waals surface area contributed by atoms with Crippen LogP contribution in [0.1, 0.15) is 46.6 Å². The van der Waals surface area contributed by atoms with Gasteiger partial charge in [0.05, 0.1) is 24.4 Å². The van der Waals surface area contributed by atoms with Crippen molar-refractivity contribution in [1.82, 2.24) is 35.5 Å². The summed E-state index contributed by atoms with van der Waals surface area (Å²) in [4.78, 5) is 4.41. The van der Waals surface area contributed by atoms with Gasteiger partial charge in [0, 0.05) is 34.3 Å². The second kappa shape index (κ2) is 6.95. The molecule has 0 radical (unpaired) electrons. The maximum absolute atomic E-state index is 5.61. The Morgan fingerprint density at radius 1 is 1.00 bits per heavy atom. The van der Waals surface area contributed by atoms with E-state index in [1.54, 1.807) is 13.3 Å². The third kappa shape index (κ3) is 3.61. The van der Waals surface area contributed by atoms with Crippen LogP contribution in [-0.2, 0) is 0 Å². The minimum atomic E-state index is 0.00452. The zero-order chi connectivity index (χ0) is 21.8. The van der Waals surface area contributed by atoms with Gasteiger partial charge in [-0.05, 0) is 58.7 Å². The number of fused-ring (bicyclic) bond motifs is 2. The maximum Gasteiger partial charge on any atom is 0.201 e. The Bertz CT molecular complexity index is 1260. The first-order valence-electron chi connectivity index (χ1n) is 10.6. The minimum Gasteiger partial charge on any atom is -0.496 e. The van der Waals surface area contributed by atoms with Gasteiger partial charge in [0.25, 0.3) is 0 Å². The van der Waals surface area contributed by atoms with E-state index in [9.17, 15) is 0 Å². The summed E-state index contributed by atoms with van der Waals surface area (Å²) in [5.41, 5.74) is 3.88. The third-order valence-electron chi connectivity index (χ3n) is 5.94. The van der Waals surface area contributed by atoms with Crippen molar-refractivity contribution in [2.45, 2.75) is 57.7 Å². The van der Waals surface area contributed by atoms with E-state index in [1.165, 1.54) is 0 Å². The van der Waals surface area contributed by atoms with Crippen LogP contribution >= 0.6 is 0 Å². The molecule has 8 nitrogen and oxygen atoms in total. The molecule has 0 aliphatic carbocycles. The Kier molecular flexibility index (Phi) is 4.44. The minimum absolute atomic E-state index is 0.00452. The van der Waals surface area contributed by atoms with E-state index in [1.807, 2.05) is 35.0 Å². The van der Waals surface area contributed by atoms with Crippen LogP contribution in [0.25, 0.3) is 33.3 Å². The molecule has 0 spiro atoms. The Morgan fingerprint density at radius 3 is 2.52 bits per heavy atom. The SMILES string of the molecule is COc1cc2ncccc2cc1-c1cc2nnn(C3CC(C)(C)NC(C)(C)C3)c2nn1. The molecule has 4 aromatic rings. The second-order valence-corrected chi connectivity index (χ2v) is 9.68. The molecule has 1 fully saturated rings. The van der Waals surface area contributed by atoms with Gasteiger partial charge in [-0.25, -0.2) is 4.68 Å². The van der Waals surface area contributed by atoms with Crippen molar-refractivity contribution in [2.75, 3.05) is 7.11 Å². The molecule has 0 amide bonds. The molecule has 8 heteroatoms. The number of pyridine rings is 1. The zero-order valence-corrected chi connectivity index (χ0v) is 18.5. The van der Waals surface area contributed by atoms with Gasteiger partial charge < -0.3 is 10.1 Å². The van der Waals surface area contributed by atoms with Gasteiger partial charge in [0.15, 0.2) is 0 Å². The fraction of sp³-hybridized carbons (Fsp3) is 0.435. The van der Waals surface area contributed by atoms with Gasteiger partial charge in [0.1, 0.15) is 11.3 Å². The molecule has 0 unspecified atom stereocenters. The van der Waals surface area contributed by atoms with Gasteiger partial charge >= 0.3 is 0 Å². The molecule has 3 aromatic heterocycles. The molecule has 31 heavy (non-hydrogen) atoms. The van der Waals surface area contributed by atoms with Crippen molar-refractivity contribution in [3.8, 4) is 17.0 Å². The molecule has 1 aromatic carbocycles. The van der Waals surface area contributed by atoms with Crippen molar-refractivity contribution in [3.05, 3.63) is 36.5 Å². The molecule has 0 atom stereocenters. The normalized spacial score (nSPS) is 18.5. The Morgan fingerprint density at radius 2 is 1.77 bits per heavy atom. The summed E-state index contributed by atoms with van der Waals surface area (Å²) in [6.07, 6.45) is 3.67. The molecule has 0 bridgehead atoms. The first kappa shape index (κ1) is 19.8. The van der Waals surface area contributed by atoms with Crippen LogP contribution in [0.5, 0.6) is 5.75 Å². The quantitative estimate of drug-likeness (QED) is 0.540. The van der Waals surface area contributed by atoms with E-state index in [0.29, 0.717) is 17.1 Å². The topological polar surface area (TPSA) is 90.6 Å². The lowest BCUT2D eigenvalue weighted by Gasteiger charge is -2.46. The summed E-state index contributed by atoms with van der Waals surface area (Å²) >= 11 is 0. The zero-order valence-electron chi connectivity index (χ0n) is 18.5. The first-order chi connectivity index (χ1) is 14.7. The van der Waals surface area contributed by atoms with Crippen molar-refractivity contribution in [3.63, 3.8) is 0 Å². The van der Waals surface area contributed by atoms with E-state index < -0.39 is 0 Å². The number of benzene rings is 1. The number of nitrogens with one attached hydrogen (secondary N) is 1. The second-order valence-electron chi connectivity index (χ2n) is 9.68. The third-order valence-corrected chi connectivity index (χ3v) is 5.94. The molecule has 1 N–H and O–H groups in total. The average Bonchev–Trinajstić information content (AvgIpc) is 3.14. The molecule has 1 aliphatic heterocycles. The number of nitrogens with zero attached hydrogens (tertiary/aromatic N) is 6. The molecular formula is C23H27N7O. The number of rotatable bonds is 3. The smallest absolute Gasteiger partial charge is 0.201 e. The summed E-state index contributed by atoms with van der Waals surface area (Å²) in [7, 11) is 1.65. The fourth-order valence-corrected chi connectivity index (χ4v) is 5.04. The lowest BCUT2D eigenvalue weighted by Crippen LogP contribution is -2.58.